The summed E-state index contributed by atoms with van der Waals surface area (Å²) in [5.74, 6) is -0.597. The van der Waals surface area contributed by atoms with Crippen molar-refractivity contribution in [1.29, 1.82) is 0 Å². The average molecular weight is 377 g/mol. The molecule has 8 heteroatoms. The van der Waals surface area contributed by atoms with E-state index in [1.807, 2.05) is 18.2 Å². The Morgan fingerprint density at radius 3 is 2.78 bits per heavy atom. The molecule has 1 aromatic carbocycles. The number of hydrogen-bond acceptors (Lipinski definition) is 4. The number of carbonyl (C=O) groups excluding carboxylic acids is 1. The molecule has 1 aromatic heterocycles. The molecule has 3 N–H and O–H groups in total. The van der Waals surface area contributed by atoms with E-state index in [1.165, 1.54) is 23.8 Å². The Morgan fingerprint density at radius 1 is 1.30 bits per heavy atom. The molecule has 0 aliphatic heterocycles. The zero-order chi connectivity index (χ0) is 19.4. The number of nitrogens with zero attached hydrogens (tertiary/aromatic N) is 1. The lowest BCUT2D eigenvalue weighted by Gasteiger charge is -2.14. The monoisotopic (exact) mass is 377 g/mol. The van der Waals surface area contributed by atoms with Crippen LogP contribution in [0.15, 0.2) is 42.6 Å². The predicted molar refractivity (Wildman–Crippen MR) is 92.5 cm³/mol. The summed E-state index contributed by atoms with van der Waals surface area (Å²) in [4.78, 5) is 14.5. The zero-order valence-electron chi connectivity index (χ0n) is 14.3. The van der Waals surface area contributed by atoms with Gasteiger partial charge in [-0.2, -0.15) is 13.2 Å². The first-order valence-corrected chi connectivity index (χ1v) is 8.37. The van der Waals surface area contributed by atoms with E-state index in [0.717, 1.165) is 35.6 Å². The van der Waals surface area contributed by atoms with Gasteiger partial charge in [-0.15, -0.1) is 0 Å². The van der Waals surface area contributed by atoms with Gasteiger partial charge in [-0.05, 0) is 47.2 Å². The number of amides is 1. The van der Waals surface area contributed by atoms with Crippen LogP contribution in [0.2, 0.25) is 0 Å². The lowest BCUT2D eigenvalue weighted by molar-refractivity contribution is -0.141. The number of pyridine rings is 1. The second kappa shape index (κ2) is 7.89. The van der Waals surface area contributed by atoms with Crippen molar-refractivity contribution in [2.45, 2.75) is 31.6 Å². The summed E-state index contributed by atoms with van der Waals surface area (Å²) < 4.78 is 37.7. The van der Waals surface area contributed by atoms with Crippen LogP contribution >= 0.6 is 0 Å². The Labute approximate surface area is 153 Å². The van der Waals surface area contributed by atoms with E-state index >= 15 is 0 Å². The number of aryl methyl sites for hydroxylation is 1. The number of carbonyl (C=O) groups is 1. The molecule has 0 fully saturated rings. The van der Waals surface area contributed by atoms with Gasteiger partial charge in [0.15, 0.2) is 0 Å². The number of aromatic nitrogens is 1. The van der Waals surface area contributed by atoms with E-state index in [4.69, 9.17) is 5.21 Å². The molecule has 2 aromatic rings. The Balaban J connectivity index is 1.63. The molecule has 1 aliphatic rings. The molecule has 0 saturated heterocycles. The molecule has 1 heterocycles. The largest absolute Gasteiger partial charge is 0.433 e. The number of nitrogens with one attached hydrogen (secondary N) is 2. The molecular formula is C19H18F3N3O2. The third kappa shape index (κ3) is 4.72. The van der Waals surface area contributed by atoms with Gasteiger partial charge in [0.25, 0.3) is 5.91 Å². The first-order valence-electron chi connectivity index (χ1n) is 8.37. The van der Waals surface area contributed by atoms with Crippen LogP contribution in [0.25, 0.3) is 6.08 Å². The van der Waals surface area contributed by atoms with Crippen LogP contribution in [0.4, 0.5) is 13.2 Å². The van der Waals surface area contributed by atoms with Gasteiger partial charge in [0.2, 0.25) is 0 Å². The smallest absolute Gasteiger partial charge is 0.306 e. The molecule has 0 radical (unpaired) electrons. The molecule has 1 atom stereocenters. The molecule has 1 unspecified atom stereocenters. The van der Waals surface area contributed by atoms with E-state index in [1.54, 1.807) is 6.08 Å². The zero-order valence-corrected chi connectivity index (χ0v) is 14.3. The molecule has 0 saturated carbocycles. The maximum atomic E-state index is 12.6. The number of hydrogen-bond donors (Lipinski definition) is 3. The van der Waals surface area contributed by atoms with Gasteiger partial charge >= 0.3 is 6.18 Å². The molecule has 5 nitrogen and oxygen atoms in total. The van der Waals surface area contributed by atoms with Crippen molar-refractivity contribution in [2.75, 3.05) is 0 Å². The van der Waals surface area contributed by atoms with Crippen LogP contribution in [0.3, 0.4) is 0 Å². The van der Waals surface area contributed by atoms with E-state index in [-0.39, 0.29) is 6.04 Å². The SMILES string of the molecule is O=C(/C=C/c1ccc2c(c1)CCC2NCc1ccc(C(F)(F)F)nc1)NO. The second-order valence-electron chi connectivity index (χ2n) is 6.29. The van der Waals surface area contributed by atoms with Gasteiger partial charge < -0.3 is 5.32 Å². The van der Waals surface area contributed by atoms with Gasteiger partial charge in [0.1, 0.15) is 5.69 Å². The van der Waals surface area contributed by atoms with Crippen molar-refractivity contribution in [2.24, 2.45) is 0 Å². The van der Waals surface area contributed by atoms with Crippen LogP contribution in [-0.4, -0.2) is 16.1 Å². The molecule has 0 spiro atoms. The first kappa shape index (κ1) is 19.1. The highest BCUT2D eigenvalue weighted by atomic mass is 19.4. The Kier molecular flexibility index (Phi) is 5.57. The van der Waals surface area contributed by atoms with Crippen LogP contribution < -0.4 is 10.8 Å². The van der Waals surface area contributed by atoms with Crippen molar-refractivity contribution < 1.29 is 23.2 Å². The summed E-state index contributed by atoms with van der Waals surface area (Å²) in [6, 6.07) is 8.36. The van der Waals surface area contributed by atoms with Crippen molar-refractivity contribution in [3.8, 4) is 0 Å². The Bertz CT molecular complexity index is 848. The number of rotatable bonds is 5. The lowest BCUT2D eigenvalue weighted by Crippen LogP contribution is -2.19. The summed E-state index contributed by atoms with van der Waals surface area (Å²) in [6.45, 7) is 0.424. The minimum Gasteiger partial charge on any atom is -0.306 e. The van der Waals surface area contributed by atoms with Crippen LogP contribution in [0.1, 0.15) is 40.4 Å². The third-order valence-corrected chi connectivity index (χ3v) is 4.45. The molecule has 0 bridgehead atoms. The highest BCUT2D eigenvalue weighted by Crippen LogP contribution is 2.32. The van der Waals surface area contributed by atoms with Crippen LogP contribution in [-0.2, 0) is 23.9 Å². The third-order valence-electron chi connectivity index (χ3n) is 4.45. The molecule has 1 aliphatic carbocycles. The fourth-order valence-electron chi connectivity index (χ4n) is 3.10. The van der Waals surface area contributed by atoms with Gasteiger partial charge in [0.05, 0.1) is 0 Å². The average Bonchev–Trinajstić information content (AvgIpc) is 3.06. The minimum atomic E-state index is -4.43. The van der Waals surface area contributed by atoms with Gasteiger partial charge in [-0.3, -0.25) is 15.0 Å². The predicted octanol–water partition coefficient (Wildman–Crippen LogP) is 3.40. The minimum absolute atomic E-state index is 0.112. The highest BCUT2D eigenvalue weighted by molar-refractivity contribution is 5.90. The fraction of sp³-hybridized carbons (Fsp3) is 0.263. The van der Waals surface area contributed by atoms with E-state index in [9.17, 15) is 18.0 Å². The number of benzene rings is 1. The summed E-state index contributed by atoms with van der Waals surface area (Å²) in [6.07, 6.45) is 1.41. The maximum Gasteiger partial charge on any atom is 0.433 e. The molecule has 1 amide bonds. The quantitative estimate of drug-likeness (QED) is 0.424. The van der Waals surface area contributed by atoms with Crippen molar-refractivity contribution in [3.63, 3.8) is 0 Å². The van der Waals surface area contributed by atoms with E-state index in [2.05, 4.69) is 10.3 Å². The Morgan fingerprint density at radius 2 is 2.11 bits per heavy atom. The lowest BCUT2D eigenvalue weighted by atomic mass is 10.0. The molecule has 27 heavy (non-hydrogen) atoms. The molecule has 142 valence electrons. The summed E-state index contributed by atoms with van der Waals surface area (Å²) >= 11 is 0. The van der Waals surface area contributed by atoms with Gasteiger partial charge in [0, 0.05) is 24.9 Å². The Hall–Kier alpha value is -2.71. The van der Waals surface area contributed by atoms with E-state index in [0.29, 0.717) is 12.1 Å². The number of halogens is 3. The molecule has 3 rings (SSSR count). The summed E-state index contributed by atoms with van der Waals surface area (Å²) in [5.41, 5.74) is 4.47. The van der Waals surface area contributed by atoms with Crippen molar-refractivity contribution in [1.82, 2.24) is 15.8 Å². The maximum absolute atomic E-state index is 12.6. The van der Waals surface area contributed by atoms with Crippen LogP contribution in [0, 0.1) is 0 Å². The van der Waals surface area contributed by atoms with Crippen LogP contribution in [0.5, 0.6) is 0 Å². The normalized spacial score (nSPS) is 16.5. The number of alkyl halides is 3. The topological polar surface area (TPSA) is 74.2 Å². The number of fused-ring (bicyclic) bond motifs is 1. The molecular weight excluding hydrogens is 359 g/mol. The standard InChI is InChI=1S/C19H18F3N3O2/c20-19(21,22)17-7-2-13(11-24-17)10-23-16-6-4-14-9-12(1-5-15(14)16)3-8-18(26)25-27/h1-3,5,7-9,11,16,23,27H,4,6,10H2,(H,25,26)/b8-3+. The van der Waals surface area contributed by atoms with Gasteiger partial charge in [-0.1, -0.05) is 24.3 Å². The summed E-state index contributed by atoms with van der Waals surface area (Å²) in [5, 5.41) is 11.8. The number of hydroxylamine groups is 1. The fourth-order valence-corrected chi connectivity index (χ4v) is 3.10. The van der Waals surface area contributed by atoms with Gasteiger partial charge in [-0.25, -0.2) is 5.48 Å². The summed E-state index contributed by atoms with van der Waals surface area (Å²) in [7, 11) is 0. The van der Waals surface area contributed by atoms with Crippen molar-refractivity contribution in [3.05, 3.63) is 70.6 Å². The van der Waals surface area contributed by atoms with E-state index < -0.39 is 17.8 Å². The highest BCUT2D eigenvalue weighted by Gasteiger charge is 2.32. The first-order chi connectivity index (χ1) is 12.9. The van der Waals surface area contributed by atoms with Crippen molar-refractivity contribution >= 4 is 12.0 Å². The second-order valence-corrected chi connectivity index (χ2v) is 6.29.